The normalized spacial score (nSPS) is 10.6. The maximum atomic E-state index is 12.9. The van der Waals surface area contributed by atoms with E-state index in [9.17, 15) is 9.59 Å². The van der Waals surface area contributed by atoms with E-state index in [-0.39, 0.29) is 11.8 Å². The molecule has 150 valence electrons. The molecule has 3 rings (SSSR count). The zero-order chi connectivity index (χ0) is 21.0. The molecule has 29 heavy (non-hydrogen) atoms. The van der Waals surface area contributed by atoms with Crippen molar-refractivity contribution in [1.29, 1.82) is 0 Å². The van der Waals surface area contributed by atoms with Gasteiger partial charge >= 0.3 is 0 Å². The fourth-order valence-corrected chi connectivity index (χ4v) is 3.15. The van der Waals surface area contributed by atoms with Gasteiger partial charge in [0.15, 0.2) is 0 Å². The van der Waals surface area contributed by atoms with E-state index < -0.39 is 0 Å². The number of nitrogens with zero attached hydrogens (tertiary/aromatic N) is 3. The van der Waals surface area contributed by atoms with E-state index in [1.165, 1.54) is 4.90 Å². The highest BCUT2D eigenvalue weighted by Crippen LogP contribution is 2.22. The summed E-state index contributed by atoms with van der Waals surface area (Å²) >= 11 is 6.04. The first-order valence-electron chi connectivity index (χ1n) is 9.30. The molecule has 2 amide bonds. The fraction of sp³-hybridized carbons (Fsp3) is 0.227. The van der Waals surface area contributed by atoms with Crippen LogP contribution in [0.15, 0.2) is 54.6 Å². The van der Waals surface area contributed by atoms with Crippen molar-refractivity contribution in [3.63, 3.8) is 0 Å². The van der Waals surface area contributed by atoms with E-state index in [2.05, 4.69) is 10.2 Å². The molecule has 1 heterocycles. The molecule has 1 aromatic heterocycles. The van der Waals surface area contributed by atoms with Crippen LogP contribution >= 0.6 is 11.6 Å². The number of halogens is 1. The molecular formula is C22H23ClN4O2. The molecule has 0 bridgehead atoms. The molecule has 0 aliphatic heterocycles. The molecule has 2 aromatic carbocycles. The lowest BCUT2D eigenvalue weighted by molar-refractivity contribution is 0.0745. The molecular weight excluding hydrogens is 388 g/mol. The van der Waals surface area contributed by atoms with Gasteiger partial charge in [0.1, 0.15) is 5.69 Å². The van der Waals surface area contributed by atoms with E-state index >= 15 is 0 Å². The molecule has 0 unspecified atom stereocenters. The lowest BCUT2D eigenvalue weighted by Gasteiger charge is -2.20. The van der Waals surface area contributed by atoms with Crippen LogP contribution < -0.4 is 0 Å². The van der Waals surface area contributed by atoms with Gasteiger partial charge in [-0.05, 0) is 42.8 Å². The van der Waals surface area contributed by atoms with Crippen molar-refractivity contribution in [2.75, 3.05) is 20.6 Å². The standard InChI is InChI=1S/C22H23ClN4O2/c1-4-27(14-15-8-10-16(11-9-15)21(28)26(2)3)22(29)20-13-19(24-25-20)17-6-5-7-18(23)12-17/h5-13H,4,14H2,1-3H3,(H,24,25). The van der Waals surface area contributed by atoms with E-state index in [0.29, 0.717) is 35.1 Å². The number of rotatable bonds is 6. The Labute approximate surface area is 175 Å². The molecule has 0 spiro atoms. The Hall–Kier alpha value is -3.12. The molecule has 7 heteroatoms. The topological polar surface area (TPSA) is 69.3 Å². The van der Waals surface area contributed by atoms with E-state index in [1.807, 2.05) is 31.2 Å². The average Bonchev–Trinajstić information content (AvgIpc) is 3.21. The van der Waals surface area contributed by atoms with Crippen LogP contribution in [0.1, 0.15) is 33.3 Å². The van der Waals surface area contributed by atoms with Crippen LogP contribution in [0.5, 0.6) is 0 Å². The molecule has 0 fully saturated rings. The lowest BCUT2D eigenvalue weighted by atomic mass is 10.1. The number of carbonyl (C=O) groups excluding carboxylic acids is 2. The van der Waals surface area contributed by atoms with Crippen LogP contribution in [0.4, 0.5) is 0 Å². The number of carbonyl (C=O) groups is 2. The molecule has 1 N–H and O–H groups in total. The first kappa shape index (κ1) is 20.6. The SMILES string of the molecule is CCN(Cc1ccc(C(=O)N(C)C)cc1)C(=O)c1cc(-c2cccc(Cl)c2)n[nH]1. The van der Waals surface area contributed by atoms with Crippen molar-refractivity contribution < 1.29 is 9.59 Å². The summed E-state index contributed by atoms with van der Waals surface area (Å²) in [5.41, 5.74) is 3.50. The van der Waals surface area contributed by atoms with E-state index in [1.54, 1.807) is 49.3 Å². The van der Waals surface area contributed by atoms with Crippen molar-refractivity contribution in [1.82, 2.24) is 20.0 Å². The Kier molecular flexibility index (Phi) is 6.34. The molecule has 0 radical (unpaired) electrons. The second-order valence-corrected chi connectivity index (χ2v) is 7.33. The number of benzene rings is 2. The zero-order valence-corrected chi connectivity index (χ0v) is 17.4. The predicted octanol–water partition coefficient (Wildman–Crippen LogP) is 4.09. The first-order chi connectivity index (χ1) is 13.9. The highest BCUT2D eigenvalue weighted by Gasteiger charge is 2.18. The van der Waals surface area contributed by atoms with Crippen LogP contribution in [0.2, 0.25) is 5.02 Å². The molecule has 0 saturated heterocycles. The van der Waals surface area contributed by atoms with Crippen molar-refractivity contribution in [2.24, 2.45) is 0 Å². The monoisotopic (exact) mass is 410 g/mol. The largest absolute Gasteiger partial charge is 0.345 e. The highest BCUT2D eigenvalue weighted by atomic mass is 35.5. The van der Waals surface area contributed by atoms with Gasteiger partial charge in [-0.25, -0.2) is 0 Å². The fourth-order valence-electron chi connectivity index (χ4n) is 2.96. The van der Waals surface area contributed by atoms with Gasteiger partial charge in [0, 0.05) is 43.3 Å². The lowest BCUT2D eigenvalue weighted by Crippen LogP contribution is -2.30. The smallest absolute Gasteiger partial charge is 0.272 e. The van der Waals surface area contributed by atoms with Crippen molar-refractivity contribution >= 4 is 23.4 Å². The van der Waals surface area contributed by atoms with Gasteiger partial charge < -0.3 is 9.80 Å². The number of aromatic amines is 1. The summed E-state index contributed by atoms with van der Waals surface area (Å²) in [6, 6.07) is 16.4. The van der Waals surface area contributed by atoms with Gasteiger partial charge in [0.25, 0.3) is 11.8 Å². The second-order valence-electron chi connectivity index (χ2n) is 6.89. The maximum absolute atomic E-state index is 12.9. The van der Waals surface area contributed by atoms with Crippen molar-refractivity contribution in [3.05, 3.63) is 76.4 Å². The Morgan fingerprint density at radius 1 is 1.03 bits per heavy atom. The quantitative estimate of drug-likeness (QED) is 0.665. The van der Waals surface area contributed by atoms with Gasteiger partial charge in [-0.1, -0.05) is 35.9 Å². The van der Waals surface area contributed by atoms with Gasteiger partial charge in [-0.3, -0.25) is 14.7 Å². The molecule has 0 aliphatic carbocycles. The third-order valence-electron chi connectivity index (χ3n) is 4.58. The van der Waals surface area contributed by atoms with Gasteiger partial charge in [-0.2, -0.15) is 5.10 Å². The number of aromatic nitrogens is 2. The number of H-pyrrole nitrogens is 1. The predicted molar refractivity (Wildman–Crippen MR) is 114 cm³/mol. The molecule has 0 aliphatic rings. The minimum atomic E-state index is -0.137. The van der Waals surface area contributed by atoms with Gasteiger partial charge in [0.05, 0.1) is 5.69 Å². The highest BCUT2D eigenvalue weighted by molar-refractivity contribution is 6.30. The number of amides is 2. The summed E-state index contributed by atoms with van der Waals surface area (Å²) < 4.78 is 0. The Balaban J connectivity index is 1.73. The van der Waals surface area contributed by atoms with E-state index in [4.69, 9.17) is 11.6 Å². The van der Waals surface area contributed by atoms with Gasteiger partial charge in [-0.15, -0.1) is 0 Å². The van der Waals surface area contributed by atoms with Crippen LogP contribution in [0, 0.1) is 0 Å². The van der Waals surface area contributed by atoms with Crippen LogP contribution in [-0.2, 0) is 6.54 Å². The Morgan fingerprint density at radius 3 is 2.38 bits per heavy atom. The Morgan fingerprint density at radius 2 is 1.76 bits per heavy atom. The minimum absolute atomic E-state index is 0.0500. The summed E-state index contributed by atoms with van der Waals surface area (Å²) in [4.78, 5) is 28.2. The molecule has 0 saturated carbocycles. The number of hydrogen-bond donors (Lipinski definition) is 1. The molecule has 0 atom stereocenters. The van der Waals surface area contributed by atoms with Crippen LogP contribution in [0.25, 0.3) is 11.3 Å². The van der Waals surface area contributed by atoms with E-state index in [0.717, 1.165) is 11.1 Å². The Bertz CT molecular complexity index is 1010. The number of hydrogen-bond acceptors (Lipinski definition) is 3. The molecule has 6 nitrogen and oxygen atoms in total. The van der Waals surface area contributed by atoms with Crippen LogP contribution in [-0.4, -0.2) is 52.5 Å². The third-order valence-corrected chi connectivity index (χ3v) is 4.81. The minimum Gasteiger partial charge on any atom is -0.345 e. The summed E-state index contributed by atoms with van der Waals surface area (Å²) in [7, 11) is 3.44. The molecule has 3 aromatic rings. The van der Waals surface area contributed by atoms with Crippen LogP contribution in [0.3, 0.4) is 0 Å². The summed E-state index contributed by atoms with van der Waals surface area (Å²) in [5, 5.41) is 7.69. The second kappa shape index (κ2) is 8.92. The maximum Gasteiger partial charge on any atom is 0.272 e. The van der Waals surface area contributed by atoms with Crippen molar-refractivity contribution in [3.8, 4) is 11.3 Å². The summed E-state index contributed by atoms with van der Waals surface area (Å²) in [6.45, 7) is 2.91. The first-order valence-corrected chi connectivity index (χ1v) is 9.68. The van der Waals surface area contributed by atoms with Crippen molar-refractivity contribution in [2.45, 2.75) is 13.5 Å². The zero-order valence-electron chi connectivity index (χ0n) is 16.6. The average molecular weight is 411 g/mol. The summed E-state index contributed by atoms with van der Waals surface area (Å²) in [6.07, 6.45) is 0. The van der Waals surface area contributed by atoms with Gasteiger partial charge in [0.2, 0.25) is 0 Å². The third kappa shape index (κ3) is 4.84. The summed E-state index contributed by atoms with van der Waals surface area (Å²) in [5.74, 6) is -0.187. The number of nitrogens with one attached hydrogen (secondary N) is 1.